The fourth-order valence-corrected chi connectivity index (χ4v) is 5.79. The van der Waals surface area contributed by atoms with E-state index < -0.39 is 23.0 Å². The number of fused-ring (bicyclic) bond motifs is 1. The Morgan fingerprint density at radius 3 is 2.49 bits per heavy atom. The van der Waals surface area contributed by atoms with E-state index in [1.54, 1.807) is 27.3 Å². The second-order valence-corrected chi connectivity index (χ2v) is 9.84. The summed E-state index contributed by atoms with van der Waals surface area (Å²) >= 11 is 1.23. The lowest BCUT2D eigenvalue weighted by Crippen LogP contribution is -2.40. The highest BCUT2D eigenvalue weighted by Crippen LogP contribution is 2.39. The topological polar surface area (TPSA) is 97.3 Å². The van der Waals surface area contributed by atoms with Crippen LogP contribution in [0.5, 0.6) is 5.75 Å². The van der Waals surface area contributed by atoms with Crippen LogP contribution in [0, 0.1) is 19.7 Å². The molecule has 0 spiro atoms. The van der Waals surface area contributed by atoms with Crippen LogP contribution < -0.4 is 16.0 Å². The summed E-state index contributed by atoms with van der Waals surface area (Å²) in [5.41, 5.74) is 1.98. The number of carbonyl (C=O) groups is 1. The number of esters is 1. The highest BCUT2D eigenvalue weighted by atomic mass is 32.1. The summed E-state index contributed by atoms with van der Waals surface area (Å²) in [7, 11) is 1.57. The van der Waals surface area contributed by atoms with Gasteiger partial charge < -0.3 is 14.0 Å². The van der Waals surface area contributed by atoms with Crippen molar-refractivity contribution < 1.29 is 18.7 Å². The minimum absolute atomic E-state index is 0.144. The molecule has 0 aliphatic heterocycles. The van der Waals surface area contributed by atoms with Gasteiger partial charge in [-0.3, -0.25) is 14.2 Å². The number of rotatable bonds is 7. The molecular weight excluding hydrogens is 523 g/mol. The van der Waals surface area contributed by atoms with Gasteiger partial charge in [0.2, 0.25) is 0 Å². The smallest absolute Gasteiger partial charge is 0.337 e. The summed E-state index contributed by atoms with van der Waals surface area (Å²) in [6.45, 7) is 5.12. The number of aromatic nitrogens is 4. The number of ether oxygens (including phenoxy) is 2. The normalized spacial score (nSPS) is 11.2. The third-order valence-electron chi connectivity index (χ3n) is 6.32. The van der Waals surface area contributed by atoms with Crippen LogP contribution in [0.25, 0.3) is 32.0 Å². The average molecular weight is 549 g/mol. The van der Waals surface area contributed by atoms with E-state index in [2.05, 4.69) is 4.98 Å². The van der Waals surface area contributed by atoms with Crippen LogP contribution >= 0.6 is 11.3 Å². The Hall–Kier alpha value is -4.51. The van der Waals surface area contributed by atoms with Crippen molar-refractivity contribution >= 4 is 27.5 Å². The van der Waals surface area contributed by atoms with Gasteiger partial charge in [0.1, 0.15) is 22.9 Å². The molecule has 0 atom stereocenters. The molecule has 5 rings (SSSR count). The number of nitrogens with zero attached hydrogens (tertiary/aromatic N) is 4. The van der Waals surface area contributed by atoms with Gasteiger partial charge in [-0.05, 0) is 68.3 Å². The number of benzene rings is 2. The molecule has 39 heavy (non-hydrogen) atoms. The molecule has 0 bridgehead atoms. The first-order valence-electron chi connectivity index (χ1n) is 12.1. The Morgan fingerprint density at radius 2 is 1.85 bits per heavy atom. The van der Waals surface area contributed by atoms with E-state index in [4.69, 9.17) is 9.47 Å². The van der Waals surface area contributed by atoms with Gasteiger partial charge in [0, 0.05) is 11.1 Å². The molecule has 2 aromatic carbocycles. The number of hydrogen-bond donors (Lipinski definition) is 0. The number of imidazole rings is 1. The van der Waals surface area contributed by atoms with Gasteiger partial charge in [0.05, 0.1) is 42.5 Å². The predicted molar refractivity (Wildman–Crippen MR) is 147 cm³/mol. The van der Waals surface area contributed by atoms with Gasteiger partial charge >= 0.3 is 11.7 Å². The van der Waals surface area contributed by atoms with E-state index in [9.17, 15) is 18.8 Å². The number of aryl methyl sites for hydroxylation is 2. The molecule has 0 radical (unpaired) electrons. The lowest BCUT2D eigenvalue weighted by Gasteiger charge is -2.12. The monoisotopic (exact) mass is 548 g/mol. The predicted octanol–water partition coefficient (Wildman–Crippen LogP) is 4.39. The number of halogens is 1. The summed E-state index contributed by atoms with van der Waals surface area (Å²) in [6.07, 6.45) is 3.58. The van der Waals surface area contributed by atoms with E-state index in [0.29, 0.717) is 16.1 Å². The van der Waals surface area contributed by atoms with Gasteiger partial charge in [-0.2, -0.15) is 0 Å². The molecule has 0 aliphatic carbocycles. The number of methoxy groups -OCH3 is 1. The summed E-state index contributed by atoms with van der Waals surface area (Å²) in [5.74, 6) is -0.522. The third kappa shape index (κ3) is 4.65. The zero-order valence-corrected chi connectivity index (χ0v) is 22.5. The van der Waals surface area contributed by atoms with Crippen molar-refractivity contribution in [3.63, 3.8) is 0 Å². The number of thiophene rings is 1. The van der Waals surface area contributed by atoms with Crippen LogP contribution in [0.15, 0.2) is 64.6 Å². The standard InChI is InChI=1S/C28H25FN4O5S/c1-5-38-23(34)14-32-27-24(26(35)33(28(32)36)20-9-7-19(29)8-10-20)17(3)25(39-27)18-6-11-21(22(12-18)37-4)31-13-16(2)30-15-31/h6-13,15H,5,14H2,1-4H3. The highest BCUT2D eigenvalue weighted by Gasteiger charge is 2.23. The summed E-state index contributed by atoms with van der Waals surface area (Å²) in [5, 5.41) is 0.288. The maximum absolute atomic E-state index is 13.7. The molecule has 0 amide bonds. The van der Waals surface area contributed by atoms with Gasteiger partial charge in [-0.15, -0.1) is 11.3 Å². The fourth-order valence-electron chi connectivity index (χ4n) is 4.50. The van der Waals surface area contributed by atoms with Crippen LogP contribution in [-0.2, 0) is 16.1 Å². The Morgan fingerprint density at radius 1 is 1.10 bits per heavy atom. The van der Waals surface area contributed by atoms with Crippen LogP contribution in [0.2, 0.25) is 0 Å². The highest BCUT2D eigenvalue weighted by molar-refractivity contribution is 7.22. The largest absolute Gasteiger partial charge is 0.495 e. The lowest BCUT2D eigenvalue weighted by atomic mass is 10.1. The Bertz CT molecular complexity index is 1830. The Kier molecular flexibility index (Phi) is 6.92. The van der Waals surface area contributed by atoms with Crippen molar-refractivity contribution in [2.75, 3.05) is 13.7 Å². The second-order valence-electron chi connectivity index (χ2n) is 8.84. The first-order valence-corrected chi connectivity index (χ1v) is 12.9. The summed E-state index contributed by atoms with van der Waals surface area (Å²) < 4.78 is 28.4. The first-order chi connectivity index (χ1) is 18.7. The van der Waals surface area contributed by atoms with E-state index in [1.807, 2.05) is 35.9 Å². The second kappa shape index (κ2) is 10.3. The first kappa shape index (κ1) is 26.1. The molecular formula is C28H25FN4O5S. The van der Waals surface area contributed by atoms with E-state index in [0.717, 1.165) is 26.4 Å². The minimum atomic E-state index is -0.719. The Balaban J connectivity index is 1.75. The number of carbonyl (C=O) groups excluding carboxylic acids is 1. The van der Waals surface area contributed by atoms with Crippen molar-refractivity contribution in [2.45, 2.75) is 27.3 Å². The van der Waals surface area contributed by atoms with E-state index >= 15 is 0 Å². The molecule has 3 aromatic heterocycles. The molecule has 3 heterocycles. The van der Waals surface area contributed by atoms with Crippen molar-refractivity contribution in [1.82, 2.24) is 18.7 Å². The zero-order valence-electron chi connectivity index (χ0n) is 21.7. The van der Waals surface area contributed by atoms with Gasteiger partial charge in [-0.25, -0.2) is 18.7 Å². The van der Waals surface area contributed by atoms with Crippen molar-refractivity contribution in [3.8, 4) is 27.6 Å². The maximum atomic E-state index is 13.7. The van der Waals surface area contributed by atoms with Gasteiger partial charge in [0.15, 0.2) is 0 Å². The zero-order chi connectivity index (χ0) is 27.8. The summed E-state index contributed by atoms with van der Waals surface area (Å²) in [4.78, 5) is 45.2. The average Bonchev–Trinajstić information content (AvgIpc) is 3.50. The van der Waals surface area contributed by atoms with Crippen molar-refractivity contribution in [1.29, 1.82) is 0 Å². The maximum Gasteiger partial charge on any atom is 0.337 e. The third-order valence-corrected chi connectivity index (χ3v) is 7.69. The quantitative estimate of drug-likeness (QED) is 0.280. The van der Waals surface area contributed by atoms with Crippen LogP contribution in [0.4, 0.5) is 4.39 Å². The number of hydrogen-bond acceptors (Lipinski definition) is 7. The van der Waals surface area contributed by atoms with E-state index in [1.165, 1.54) is 40.2 Å². The van der Waals surface area contributed by atoms with Crippen molar-refractivity contribution in [3.05, 3.63) is 92.9 Å². The van der Waals surface area contributed by atoms with Crippen LogP contribution in [-0.4, -0.2) is 38.4 Å². The molecule has 200 valence electrons. The molecule has 11 heteroatoms. The summed E-state index contributed by atoms with van der Waals surface area (Å²) in [6, 6.07) is 10.7. The van der Waals surface area contributed by atoms with Gasteiger partial charge in [0.25, 0.3) is 5.56 Å². The molecule has 0 saturated heterocycles. The molecule has 0 N–H and O–H groups in total. The SMILES string of the molecule is CCOC(=O)Cn1c(=O)n(-c2ccc(F)cc2)c(=O)c2c(C)c(-c3ccc(-n4cnc(C)c4)c(OC)c3)sc21. The van der Waals surface area contributed by atoms with Crippen molar-refractivity contribution in [2.24, 2.45) is 0 Å². The van der Waals surface area contributed by atoms with E-state index in [-0.39, 0.29) is 24.2 Å². The molecule has 0 aliphatic rings. The molecule has 0 fully saturated rings. The molecule has 0 unspecified atom stereocenters. The molecule has 9 nitrogen and oxygen atoms in total. The fraction of sp³-hybridized carbons (Fsp3) is 0.214. The van der Waals surface area contributed by atoms with Crippen LogP contribution in [0.3, 0.4) is 0 Å². The minimum Gasteiger partial charge on any atom is -0.495 e. The van der Waals surface area contributed by atoms with Gasteiger partial charge in [-0.1, -0.05) is 6.07 Å². The van der Waals surface area contributed by atoms with Crippen LogP contribution in [0.1, 0.15) is 18.2 Å². The molecule has 0 saturated carbocycles. The lowest BCUT2D eigenvalue weighted by molar-refractivity contribution is -0.143. The molecule has 5 aromatic rings. The Labute approximate surface area is 226 Å².